The number of carbonyl (C=O) groups excluding carboxylic acids is 1. The van der Waals surface area contributed by atoms with Crippen LogP contribution in [0.15, 0.2) is 24.4 Å². The molecular formula is C8H7N3O. The predicted molar refractivity (Wildman–Crippen MR) is 44.6 cm³/mol. The maximum absolute atomic E-state index is 10.8. The molecule has 12 heavy (non-hydrogen) atoms. The number of primary amides is 1. The third-order valence-corrected chi connectivity index (χ3v) is 1.72. The number of H-pyrrole nitrogens is 1. The summed E-state index contributed by atoms with van der Waals surface area (Å²) in [5, 5.41) is 7.54. The van der Waals surface area contributed by atoms with E-state index >= 15 is 0 Å². The van der Waals surface area contributed by atoms with Crippen LogP contribution in [-0.2, 0) is 0 Å². The average Bonchev–Trinajstić information content (AvgIpc) is 2.49. The van der Waals surface area contributed by atoms with Crippen LogP contribution in [0.5, 0.6) is 0 Å². The van der Waals surface area contributed by atoms with Crippen LogP contribution in [0, 0.1) is 0 Å². The molecule has 0 saturated heterocycles. The second-order valence-corrected chi connectivity index (χ2v) is 2.52. The number of amides is 1. The zero-order chi connectivity index (χ0) is 8.55. The molecule has 0 bridgehead atoms. The first-order chi connectivity index (χ1) is 5.77. The fourth-order valence-corrected chi connectivity index (χ4v) is 1.10. The first kappa shape index (κ1) is 6.84. The Labute approximate surface area is 68.4 Å². The summed E-state index contributed by atoms with van der Waals surface area (Å²) >= 11 is 0. The molecule has 4 heteroatoms. The van der Waals surface area contributed by atoms with Crippen molar-refractivity contribution in [1.29, 1.82) is 0 Å². The fourth-order valence-electron chi connectivity index (χ4n) is 1.10. The minimum Gasteiger partial charge on any atom is -0.366 e. The number of nitrogens with zero attached hydrogens (tertiary/aromatic N) is 1. The lowest BCUT2D eigenvalue weighted by Crippen LogP contribution is -2.10. The van der Waals surface area contributed by atoms with Crippen LogP contribution in [-0.4, -0.2) is 16.1 Å². The largest absolute Gasteiger partial charge is 0.366 e. The lowest BCUT2D eigenvalue weighted by Gasteiger charge is -1.92. The Morgan fingerprint density at radius 2 is 2.33 bits per heavy atom. The average molecular weight is 161 g/mol. The third kappa shape index (κ3) is 0.934. The van der Waals surface area contributed by atoms with E-state index in [2.05, 4.69) is 10.2 Å². The number of rotatable bonds is 1. The zero-order valence-electron chi connectivity index (χ0n) is 6.24. The Balaban J connectivity index is 2.68. The van der Waals surface area contributed by atoms with Crippen molar-refractivity contribution in [2.45, 2.75) is 0 Å². The van der Waals surface area contributed by atoms with Gasteiger partial charge in [-0.2, -0.15) is 5.10 Å². The Bertz CT molecular complexity index is 433. The van der Waals surface area contributed by atoms with Crippen LogP contribution < -0.4 is 5.73 Å². The van der Waals surface area contributed by atoms with Crippen molar-refractivity contribution in [2.24, 2.45) is 5.73 Å². The molecule has 0 aliphatic rings. The van der Waals surface area contributed by atoms with Gasteiger partial charge >= 0.3 is 0 Å². The van der Waals surface area contributed by atoms with Gasteiger partial charge in [-0.3, -0.25) is 9.89 Å². The topological polar surface area (TPSA) is 71.8 Å². The van der Waals surface area contributed by atoms with Gasteiger partial charge in [0.05, 0.1) is 5.52 Å². The van der Waals surface area contributed by atoms with Gasteiger partial charge in [0.25, 0.3) is 0 Å². The summed E-state index contributed by atoms with van der Waals surface area (Å²) in [6.45, 7) is 0. The highest BCUT2D eigenvalue weighted by atomic mass is 16.1. The molecule has 4 nitrogen and oxygen atoms in total. The molecule has 0 radical (unpaired) electrons. The van der Waals surface area contributed by atoms with Gasteiger partial charge in [-0.05, 0) is 18.2 Å². The molecule has 1 aromatic carbocycles. The molecule has 2 aromatic rings. The van der Waals surface area contributed by atoms with Gasteiger partial charge in [-0.25, -0.2) is 0 Å². The summed E-state index contributed by atoms with van der Waals surface area (Å²) < 4.78 is 0. The normalized spacial score (nSPS) is 10.3. The lowest BCUT2D eigenvalue weighted by molar-refractivity contribution is 0.100. The smallest absolute Gasteiger partial charge is 0.248 e. The van der Waals surface area contributed by atoms with Crippen LogP contribution in [0.4, 0.5) is 0 Å². The maximum Gasteiger partial charge on any atom is 0.248 e. The Hall–Kier alpha value is -1.84. The summed E-state index contributed by atoms with van der Waals surface area (Å²) in [4.78, 5) is 10.8. The molecule has 0 saturated carbocycles. The highest BCUT2D eigenvalue weighted by Crippen LogP contribution is 2.11. The van der Waals surface area contributed by atoms with Crippen molar-refractivity contribution in [3.05, 3.63) is 30.0 Å². The van der Waals surface area contributed by atoms with Gasteiger partial charge in [0, 0.05) is 17.1 Å². The minimum absolute atomic E-state index is 0.418. The summed E-state index contributed by atoms with van der Waals surface area (Å²) in [7, 11) is 0. The number of fused-ring (bicyclic) bond motifs is 1. The molecule has 1 aromatic heterocycles. The molecule has 0 aliphatic heterocycles. The van der Waals surface area contributed by atoms with Gasteiger partial charge in [0.15, 0.2) is 0 Å². The highest BCUT2D eigenvalue weighted by Gasteiger charge is 2.01. The summed E-state index contributed by atoms with van der Waals surface area (Å²) in [5.41, 5.74) is 6.44. The number of benzene rings is 1. The van der Waals surface area contributed by atoms with Crippen LogP contribution >= 0.6 is 0 Å². The monoisotopic (exact) mass is 161 g/mol. The molecule has 0 fully saturated rings. The second kappa shape index (κ2) is 2.34. The number of nitrogens with one attached hydrogen (secondary N) is 1. The maximum atomic E-state index is 10.8. The number of nitrogens with two attached hydrogens (primary N) is 1. The van der Waals surface area contributed by atoms with Gasteiger partial charge in [-0.15, -0.1) is 0 Å². The molecule has 3 N–H and O–H groups in total. The SMILES string of the molecule is NC(=O)c1ccc2n[nH]cc2c1. The number of hydrogen-bond donors (Lipinski definition) is 2. The van der Waals surface area contributed by atoms with Crippen molar-refractivity contribution in [3.8, 4) is 0 Å². The van der Waals surface area contributed by atoms with E-state index in [0.717, 1.165) is 10.9 Å². The van der Waals surface area contributed by atoms with Crippen molar-refractivity contribution >= 4 is 16.8 Å². The van der Waals surface area contributed by atoms with Crippen LogP contribution in [0.1, 0.15) is 10.4 Å². The summed E-state index contributed by atoms with van der Waals surface area (Å²) in [6, 6.07) is 5.12. The molecular weight excluding hydrogens is 154 g/mol. The Morgan fingerprint density at radius 3 is 3.08 bits per heavy atom. The van der Waals surface area contributed by atoms with Crippen molar-refractivity contribution in [3.63, 3.8) is 0 Å². The molecule has 0 unspecified atom stereocenters. The molecule has 0 atom stereocenters. The first-order valence-electron chi connectivity index (χ1n) is 3.51. The standard InChI is InChI=1S/C8H7N3O/c9-8(12)5-1-2-7-6(3-5)4-10-11-7/h1-4H,(H2,9,12)(H,10,11). The predicted octanol–water partition coefficient (Wildman–Crippen LogP) is 0.662. The third-order valence-electron chi connectivity index (χ3n) is 1.72. The first-order valence-corrected chi connectivity index (χ1v) is 3.51. The Kier molecular flexibility index (Phi) is 1.33. The number of aromatic amines is 1. The molecule has 1 amide bonds. The van der Waals surface area contributed by atoms with E-state index in [1.807, 2.05) is 0 Å². The molecule has 60 valence electrons. The molecule has 0 spiro atoms. The van der Waals surface area contributed by atoms with Crippen molar-refractivity contribution < 1.29 is 4.79 Å². The second-order valence-electron chi connectivity index (χ2n) is 2.52. The highest BCUT2D eigenvalue weighted by molar-refractivity contribution is 5.96. The fraction of sp³-hybridized carbons (Fsp3) is 0. The van der Waals surface area contributed by atoms with Crippen molar-refractivity contribution in [2.75, 3.05) is 0 Å². The quantitative estimate of drug-likeness (QED) is 0.644. The summed E-state index contributed by atoms with van der Waals surface area (Å²) in [6.07, 6.45) is 1.72. The van der Waals surface area contributed by atoms with Gasteiger partial charge in [-0.1, -0.05) is 0 Å². The minimum atomic E-state index is -0.418. The van der Waals surface area contributed by atoms with E-state index in [0.29, 0.717) is 5.56 Å². The van der Waals surface area contributed by atoms with Crippen LogP contribution in [0.3, 0.4) is 0 Å². The van der Waals surface area contributed by atoms with Crippen molar-refractivity contribution in [1.82, 2.24) is 10.2 Å². The van der Waals surface area contributed by atoms with E-state index < -0.39 is 5.91 Å². The lowest BCUT2D eigenvalue weighted by atomic mass is 10.1. The number of aromatic nitrogens is 2. The van der Waals surface area contributed by atoms with E-state index in [9.17, 15) is 4.79 Å². The van der Waals surface area contributed by atoms with E-state index in [4.69, 9.17) is 5.73 Å². The molecule has 1 heterocycles. The van der Waals surface area contributed by atoms with Crippen LogP contribution in [0.2, 0.25) is 0 Å². The van der Waals surface area contributed by atoms with E-state index in [1.54, 1.807) is 24.4 Å². The summed E-state index contributed by atoms with van der Waals surface area (Å²) in [5.74, 6) is -0.418. The van der Waals surface area contributed by atoms with Gasteiger partial charge in [0.1, 0.15) is 0 Å². The van der Waals surface area contributed by atoms with Crippen LogP contribution in [0.25, 0.3) is 10.9 Å². The molecule has 0 aliphatic carbocycles. The zero-order valence-corrected chi connectivity index (χ0v) is 6.24. The number of hydrogen-bond acceptors (Lipinski definition) is 2. The van der Waals surface area contributed by atoms with E-state index in [1.165, 1.54) is 0 Å². The molecule has 2 rings (SSSR count). The number of carbonyl (C=O) groups is 1. The van der Waals surface area contributed by atoms with Gasteiger partial charge < -0.3 is 5.73 Å². The Morgan fingerprint density at radius 1 is 1.50 bits per heavy atom. The van der Waals surface area contributed by atoms with E-state index in [-0.39, 0.29) is 0 Å². The van der Waals surface area contributed by atoms with Gasteiger partial charge in [0.2, 0.25) is 5.91 Å².